The van der Waals surface area contributed by atoms with Crippen LogP contribution >= 0.6 is 22.7 Å². The molecular formula is C25H34N4O3S3. The number of hydrogen-bond acceptors (Lipinski definition) is 7. The van der Waals surface area contributed by atoms with Crippen molar-refractivity contribution in [2.75, 3.05) is 37.6 Å². The van der Waals surface area contributed by atoms with Crippen molar-refractivity contribution in [2.45, 2.75) is 57.2 Å². The van der Waals surface area contributed by atoms with E-state index in [4.69, 9.17) is 4.98 Å². The summed E-state index contributed by atoms with van der Waals surface area (Å²) in [6.45, 7) is 11.6. The maximum Gasteiger partial charge on any atom is 0.253 e. The molecule has 10 heteroatoms. The molecule has 3 aromatic rings. The lowest BCUT2D eigenvalue weighted by atomic mass is 10.0. The second-order valence-corrected chi connectivity index (χ2v) is 13.0. The third-order valence-corrected chi connectivity index (χ3v) is 11.3. The van der Waals surface area contributed by atoms with Crippen molar-refractivity contribution in [1.82, 2.24) is 14.2 Å². The number of aromatic nitrogens is 1. The lowest BCUT2D eigenvalue weighted by Crippen LogP contribution is -2.54. The van der Waals surface area contributed by atoms with Crippen molar-refractivity contribution >= 4 is 54.0 Å². The summed E-state index contributed by atoms with van der Waals surface area (Å²) < 4.78 is 29.7. The number of likely N-dealkylation sites (N-methyl/N-ethyl adjacent to an activating group) is 1. The van der Waals surface area contributed by atoms with Crippen molar-refractivity contribution in [1.29, 1.82) is 0 Å². The van der Waals surface area contributed by atoms with E-state index in [0.29, 0.717) is 31.2 Å². The number of fused-ring (bicyclic) bond motifs is 1. The fourth-order valence-corrected chi connectivity index (χ4v) is 8.50. The molecule has 1 fully saturated rings. The van der Waals surface area contributed by atoms with Gasteiger partial charge < -0.3 is 4.90 Å². The van der Waals surface area contributed by atoms with Crippen LogP contribution in [0.1, 0.15) is 44.2 Å². The molecule has 0 saturated carbocycles. The molecule has 190 valence electrons. The first-order chi connectivity index (χ1) is 16.8. The lowest BCUT2D eigenvalue weighted by molar-refractivity contribution is -0.123. The Balaban J connectivity index is 1.72. The molecule has 0 aliphatic carbocycles. The summed E-state index contributed by atoms with van der Waals surface area (Å²) in [6.07, 6.45) is 2.11. The molecule has 1 aliphatic rings. The molecular weight excluding hydrogens is 501 g/mol. The van der Waals surface area contributed by atoms with Gasteiger partial charge in [0.1, 0.15) is 10.3 Å². The molecule has 0 N–H and O–H groups in total. The van der Waals surface area contributed by atoms with Gasteiger partial charge in [-0.15, -0.1) is 11.3 Å². The van der Waals surface area contributed by atoms with Gasteiger partial charge in [-0.25, -0.2) is 13.4 Å². The summed E-state index contributed by atoms with van der Waals surface area (Å²) in [5.41, 5.74) is 3.12. The van der Waals surface area contributed by atoms with Gasteiger partial charge in [0, 0.05) is 19.6 Å². The second kappa shape index (κ2) is 11.0. The number of benzene rings is 1. The highest BCUT2D eigenvalue weighted by atomic mass is 32.2. The zero-order chi connectivity index (χ0) is 25.2. The molecule has 1 atom stereocenters. The van der Waals surface area contributed by atoms with Gasteiger partial charge in [-0.3, -0.25) is 9.69 Å². The number of carbonyl (C=O) groups excluding carboxylic acids is 1. The topological polar surface area (TPSA) is 73.8 Å². The molecule has 1 amide bonds. The fraction of sp³-hybridized carbons (Fsp3) is 0.520. The van der Waals surface area contributed by atoms with E-state index >= 15 is 0 Å². The predicted octanol–water partition coefficient (Wildman–Crippen LogP) is 4.89. The normalized spacial score (nSPS) is 17.3. The SMILES string of the molecule is CCN(CC)CCN(C(=O)C1CCCCN1S(=O)(=O)c1cccs1)c1nc2c(C)ccc(C)c2s1. The first-order valence-electron chi connectivity index (χ1n) is 12.2. The summed E-state index contributed by atoms with van der Waals surface area (Å²) in [5.74, 6) is -0.175. The number of hydrogen-bond donors (Lipinski definition) is 0. The van der Waals surface area contributed by atoms with Crippen LogP contribution in [-0.4, -0.2) is 67.3 Å². The number of piperidine rings is 1. The largest absolute Gasteiger partial charge is 0.302 e. The van der Waals surface area contributed by atoms with E-state index in [-0.39, 0.29) is 10.1 Å². The minimum absolute atomic E-state index is 0.175. The van der Waals surface area contributed by atoms with Crippen LogP contribution in [-0.2, 0) is 14.8 Å². The minimum Gasteiger partial charge on any atom is -0.302 e. The Bertz CT molecular complexity index is 1230. The highest BCUT2D eigenvalue weighted by Crippen LogP contribution is 2.35. The Morgan fingerprint density at radius 2 is 1.86 bits per heavy atom. The molecule has 1 aliphatic heterocycles. The third-order valence-electron chi connectivity index (χ3n) is 6.76. The molecule has 4 rings (SSSR count). The third kappa shape index (κ3) is 5.32. The second-order valence-electron chi connectivity index (χ2n) is 8.95. The Hall–Kier alpha value is -1.85. The number of thiophene rings is 1. The molecule has 7 nitrogen and oxygen atoms in total. The van der Waals surface area contributed by atoms with Crippen LogP contribution in [0.2, 0.25) is 0 Å². The first kappa shape index (κ1) is 26.2. The highest BCUT2D eigenvalue weighted by Gasteiger charge is 2.40. The summed E-state index contributed by atoms with van der Waals surface area (Å²) in [6, 6.07) is 6.77. The van der Waals surface area contributed by atoms with E-state index in [2.05, 4.69) is 37.8 Å². The standard InChI is InChI=1S/C25H34N4O3S3/c1-5-27(6-2)15-16-28(25-26-22-18(3)12-13-19(4)23(22)34-25)24(30)20-10-7-8-14-29(20)35(31,32)21-11-9-17-33-21/h9,11-13,17,20H,5-8,10,14-16H2,1-4H3. The van der Waals surface area contributed by atoms with Crippen LogP contribution in [0.3, 0.4) is 0 Å². The molecule has 35 heavy (non-hydrogen) atoms. The summed E-state index contributed by atoms with van der Waals surface area (Å²) in [7, 11) is -3.73. The van der Waals surface area contributed by atoms with Gasteiger partial charge in [0.25, 0.3) is 10.0 Å². The first-order valence-corrected chi connectivity index (χ1v) is 15.4. The Morgan fingerprint density at radius 3 is 2.51 bits per heavy atom. The average molecular weight is 535 g/mol. The van der Waals surface area contributed by atoms with Crippen molar-refractivity contribution < 1.29 is 13.2 Å². The van der Waals surface area contributed by atoms with Crippen LogP contribution < -0.4 is 4.90 Å². The highest BCUT2D eigenvalue weighted by molar-refractivity contribution is 7.91. The van der Waals surface area contributed by atoms with Crippen molar-refractivity contribution in [2.24, 2.45) is 0 Å². The van der Waals surface area contributed by atoms with Gasteiger partial charge in [0.15, 0.2) is 5.13 Å². The summed E-state index contributed by atoms with van der Waals surface area (Å²) in [5, 5.41) is 2.41. The Morgan fingerprint density at radius 1 is 1.11 bits per heavy atom. The Labute approximate surface area is 216 Å². The summed E-state index contributed by atoms with van der Waals surface area (Å²) >= 11 is 2.72. The van der Waals surface area contributed by atoms with Crippen LogP contribution in [0.5, 0.6) is 0 Å². The maximum atomic E-state index is 14.1. The molecule has 2 aromatic heterocycles. The van der Waals surface area contributed by atoms with Gasteiger partial charge in [0.05, 0.1) is 10.2 Å². The number of aryl methyl sites for hydroxylation is 2. The van der Waals surface area contributed by atoms with E-state index in [1.807, 2.05) is 6.92 Å². The number of amides is 1. The van der Waals surface area contributed by atoms with E-state index in [0.717, 1.165) is 47.3 Å². The zero-order valence-electron chi connectivity index (χ0n) is 20.9. The number of rotatable bonds is 9. The average Bonchev–Trinajstić information content (AvgIpc) is 3.56. The van der Waals surface area contributed by atoms with Gasteiger partial charge >= 0.3 is 0 Å². The van der Waals surface area contributed by atoms with E-state index in [1.165, 1.54) is 27.0 Å². The predicted molar refractivity (Wildman–Crippen MR) is 145 cm³/mol. The maximum absolute atomic E-state index is 14.1. The molecule has 0 radical (unpaired) electrons. The molecule has 1 aromatic carbocycles. The number of anilines is 1. The lowest BCUT2D eigenvalue weighted by Gasteiger charge is -2.36. The van der Waals surface area contributed by atoms with E-state index in [9.17, 15) is 13.2 Å². The molecule has 1 unspecified atom stereocenters. The monoisotopic (exact) mass is 534 g/mol. The van der Waals surface area contributed by atoms with Crippen molar-refractivity contribution in [3.8, 4) is 0 Å². The number of nitrogens with zero attached hydrogens (tertiary/aromatic N) is 4. The number of thiazole rings is 1. The van der Waals surface area contributed by atoms with E-state index in [1.54, 1.807) is 22.4 Å². The fourth-order valence-electron chi connectivity index (χ4n) is 4.59. The van der Waals surface area contributed by atoms with Crippen LogP contribution in [0, 0.1) is 13.8 Å². The molecule has 0 spiro atoms. The Kier molecular flexibility index (Phi) is 8.27. The van der Waals surface area contributed by atoms with Crippen LogP contribution in [0.4, 0.5) is 5.13 Å². The smallest absolute Gasteiger partial charge is 0.253 e. The van der Waals surface area contributed by atoms with Gasteiger partial charge in [-0.1, -0.05) is 49.8 Å². The van der Waals surface area contributed by atoms with Crippen LogP contribution in [0.25, 0.3) is 10.2 Å². The quantitative estimate of drug-likeness (QED) is 0.391. The molecule has 1 saturated heterocycles. The number of carbonyl (C=O) groups is 1. The number of sulfonamides is 1. The minimum atomic E-state index is -3.73. The van der Waals surface area contributed by atoms with Gasteiger partial charge in [-0.05, 0) is 62.4 Å². The van der Waals surface area contributed by atoms with E-state index < -0.39 is 16.1 Å². The molecule has 0 bridgehead atoms. The summed E-state index contributed by atoms with van der Waals surface area (Å²) in [4.78, 5) is 23.0. The molecule has 3 heterocycles. The zero-order valence-corrected chi connectivity index (χ0v) is 23.3. The van der Waals surface area contributed by atoms with Gasteiger partial charge in [0.2, 0.25) is 5.91 Å². The van der Waals surface area contributed by atoms with Gasteiger partial charge in [-0.2, -0.15) is 4.31 Å². The van der Waals surface area contributed by atoms with Crippen LogP contribution in [0.15, 0.2) is 33.9 Å². The van der Waals surface area contributed by atoms with Crippen molar-refractivity contribution in [3.63, 3.8) is 0 Å². The van der Waals surface area contributed by atoms with Crippen molar-refractivity contribution in [3.05, 3.63) is 40.8 Å².